The van der Waals surface area contributed by atoms with Crippen LogP contribution in [-0.2, 0) is 12.7 Å². The molecule has 0 bridgehead atoms. The van der Waals surface area contributed by atoms with Gasteiger partial charge in [-0.25, -0.2) is 19.9 Å². The van der Waals surface area contributed by atoms with Gasteiger partial charge in [0, 0.05) is 42.5 Å². The minimum atomic E-state index is -4.64. The van der Waals surface area contributed by atoms with Crippen molar-refractivity contribution in [2.75, 3.05) is 20.2 Å². The number of nitrogens with zero attached hydrogens (tertiary/aromatic N) is 7. The van der Waals surface area contributed by atoms with Crippen LogP contribution in [0.2, 0.25) is 0 Å². The lowest BCUT2D eigenvalue weighted by molar-refractivity contribution is -0.140. The number of imidazole rings is 1. The number of methoxy groups -OCH3 is 1. The molecule has 14 heteroatoms. The van der Waals surface area contributed by atoms with Crippen LogP contribution >= 0.6 is 0 Å². The van der Waals surface area contributed by atoms with E-state index in [9.17, 15) is 18.0 Å². The third kappa shape index (κ3) is 5.09. The molecule has 2 N–H and O–H groups in total. The summed E-state index contributed by atoms with van der Waals surface area (Å²) in [4.78, 5) is 37.7. The summed E-state index contributed by atoms with van der Waals surface area (Å²) in [7, 11) is 1.35. The lowest BCUT2D eigenvalue weighted by Gasteiger charge is -2.33. The van der Waals surface area contributed by atoms with Crippen LogP contribution in [0.4, 0.5) is 13.2 Å². The monoisotopic (exact) mass is 628 g/mol. The van der Waals surface area contributed by atoms with Crippen molar-refractivity contribution in [3.63, 3.8) is 0 Å². The average Bonchev–Trinajstić information content (AvgIpc) is 3.69. The zero-order valence-corrected chi connectivity index (χ0v) is 24.5. The number of hydrogen-bond acceptors (Lipinski definition) is 9. The molecule has 6 aromatic rings. The molecule has 1 saturated heterocycles. The van der Waals surface area contributed by atoms with Crippen LogP contribution in [0.5, 0.6) is 5.75 Å². The Labute approximate surface area is 259 Å². The van der Waals surface area contributed by atoms with Gasteiger partial charge < -0.3 is 24.4 Å². The largest absolute Gasteiger partial charge is 0.494 e. The Balaban J connectivity index is 1.17. The number of likely N-dealkylation sites (tertiary alicyclic amines) is 1. The summed E-state index contributed by atoms with van der Waals surface area (Å²) < 4.78 is 53.5. The van der Waals surface area contributed by atoms with Crippen LogP contribution in [0, 0.1) is 0 Å². The number of aromatic nitrogens is 6. The molecule has 0 unspecified atom stereocenters. The van der Waals surface area contributed by atoms with Gasteiger partial charge in [0.1, 0.15) is 28.2 Å². The fourth-order valence-electron chi connectivity index (χ4n) is 5.90. The smallest absolute Gasteiger partial charge is 0.433 e. The summed E-state index contributed by atoms with van der Waals surface area (Å²) >= 11 is 0. The third-order valence-electron chi connectivity index (χ3n) is 8.11. The number of carbonyl (C=O) groups excluding carboxylic acids is 1. The number of ether oxygens (including phenoxy) is 1. The van der Waals surface area contributed by atoms with Gasteiger partial charge >= 0.3 is 6.18 Å². The maximum Gasteiger partial charge on any atom is 0.433 e. The molecule has 0 radical (unpaired) electrons. The molecule has 1 aliphatic rings. The van der Waals surface area contributed by atoms with Crippen LogP contribution in [0.3, 0.4) is 0 Å². The van der Waals surface area contributed by atoms with E-state index in [2.05, 4.69) is 24.5 Å². The molecule has 1 fully saturated rings. The first-order chi connectivity index (χ1) is 22.3. The van der Waals surface area contributed by atoms with E-state index in [-0.39, 0.29) is 47.1 Å². The predicted octanol–water partition coefficient (Wildman–Crippen LogP) is 5.66. The zero-order valence-electron chi connectivity index (χ0n) is 24.5. The standard InChI is InChI=1S/C32H27F3N8O3/c1-45-23-9-7-20(19-8-10-25(32(33,34)35)40-26(19)23)30-41-27(24(17-36)46-30)31(44)42-15-11-18(12-16-42)43-28-22(6-4-14-38-28)39-29(43)21-5-2-3-13-37-21/h2-10,13-14,18H,11-12,15-17,36H2,1H3. The van der Waals surface area contributed by atoms with Crippen molar-refractivity contribution >= 4 is 28.0 Å². The maximum atomic E-state index is 13.8. The summed E-state index contributed by atoms with van der Waals surface area (Å²) in [6.45, 7) is 0.758. The number of piperidine rings is 1. The number of carbonyl (C=O) groups is 1. The number of benzene rings is 1. The highest BCUT2D eigenvalue weighted by Gasteiger charge is 2.34. The Morgan fingerprint density at radius 3 is 2.52 bits per heavy atom. The van der Waals surface area contributed by atoms with Crippen LogP contribution in [-0.4, -0.2) is 60.5 Å². The normalized spacial score (nSPS) is 14.3. The molecule has 0 saturated carbocycles. The van der Waals surface area contributed by atoms with Gasteiger partial charge in [-0.3, -0.25) is 9.78 Å². The highest BCUT2D eigenvalue weighted by atomic mass is 19.4. The fourth-order valence-corrected chi connectivity index (χ4v) is 5.90. The Hall–Kier alpha value is -5.37. The second-order valence-corrected chi connectivity index (χ2v) is 10.8. The van der Waals surface area contributed by atoms with Crippen molar-refractivity contribution < 1.29 is 27.1 Å². The Kier molecular flexibility index (Phi) is 7.35. The first-order valence-corrected chi connectivity index (χ1v) is 14.6. The van der Waals surface area contributed by atoms with E-state index in [1.165, 1.54) is 19.2 Å². The second-order valence-electron chi connectivity index (χ2n) is 10.8. The van der Waals surface area contributed by atoms with Crippen LogP contribution in [0.1, 0.15) is 40.8 Å². The molecule has 1 amide bonds. The lowest BCUT2D eigenvalue weighted by Crippen LogP contribution is -2.39. The molecule has 0 atom stereocenters. The van der Waals surface area contributed by atoms with E-state index in [1.807, 2.05) is 30.3 Å². The quantitative estimate of drug-likeness (QED) is 0.248. The first kappa shape index (κ1) is 29.3. The number of amides is 1. The molecule has 1 aliphatic heterocycles. The highest BCUT2D eigenvalue weighted by molar-refractivity contribution is 5.98. The number of pyridine rings is 3. The fraction of sp³-hybridized carbons (Fsp3) is 0.250. The summed E-state index contributed by atoms with van der Waals surface area (Å²) in [5, 5.41) is 0.321. The number of halogens is 3. The van der Waals surface area contributed by atoms with Gasteiger partial charge in [0.15, 0.2) is 22.9 Å². The first-order valence-electron chi connectivity index (χ1n) is 14.6. The molecule has 6 heterocycles. The molecular formula is C32H27F3N8O3. The van der Waals surface area contributed by atoms with Gasteiger partial charge in [0.05, 0.1) is 13.7 Å². The minimum absolute atomic E-state index is 0.0103. The van der Waals surface area contributed by atoms with E-state index in [1.54, 1.807) is 23.4 Å². The number of fused-ring (bicyclic) bond motifs is 2. The van der Waals surface area contributed by atoms with Crippen molar-refractivity contribution in [3.05, 3.63) is 84.1 Å². The Bertz CT molecular complexity index is 2070. The number of hydrogen-bond donors (Lipinski definition) is 1. The topological polar surface area (TPSA) is 138 Å². The van der Waals surface area contributed by atoms with Gasteiger partial charge in [-0.2, -0.15) is 13.2 Å². The number of oxazole rings is 1. The van der Waals surface area contributed by atoms with E-state index in [0.29, 0.717) is 42.7 Å². The third-order valence-corrected chi connectivity index (χ3v) is 8.11. The summed E-state index contributed by atoms with van der Waals surface area (Å²) in [6.07, 6.45) is 0.0771. The number of rotatable bonds is 6. The molecule has 5 aromatic heterocycles. The van der Waals surface area contributed by atoms with Gasteiger partial charge in [0.25, 0.3) is 5.91 Å². The van der Waals surface area contributed by atoms with Crippen molar-refractivity contribution in [2.45, 2.75) is 31.6 Å². The molecule has 1 aromatic carbocycles. The molecule has 0 aliphatic carbocycles. The second kappa shape index (κ2) is 11.5. The van der Waals surface area contributed by atoms with Gasteiger partial charge in [-0.1, -0.05) is 6.07 Å². The van der Waals surface area contributed by atoms with Crippen LogP contribution in [0.25, 0.3) is 45.0 Å². The minimum Gasteiger partial charge on any atom is -0.494 e. The maximum absolute atomic E-state index is 13.8. The molecular weight excluding hydrogens is 601 g/mol. The summed E-state index contributed by atoms with van der Waals surface area (Å²) in [5.74, 6) is 0.746. The van der Waals surface area contributed by atoms with E-state index in [4.69, 9.17) is 19.9 Å². The lowest BCUT2D eigenvalue weighted by atomic mass is 10.0. The van der Waals surface area contributed by atoms with Gasteiger partial charge in [-0.15, -0.1) is 0 Å². The molecule has 7 rings (SSSR count). The van der Waals surface area contributed by atoms with Crippen molar-refractivity contribution in [3.8, 4) is 28.7 Å². The van der Waals surface area contributed by atoms with Crippen LogP contribution in [0.15, 0.2) is 71.4 Å². The van der Waals surface area contributed by atoms with Crippen molar-refractivity contribution in [2.24, 2.45) is 5.73 Å². The average molecular weight is 629 g/mol. The molecule has 46 heavy (non-hydrogen) atoms. The molecule has 11 nitrogen and oxygen atoms in total. The zero-order chi connectivity index (χ0) is 32.0. The SMILES string of the molecule is COc1ccc(-c2nc(C(=O)N3CCC(n4c(-c5ccccn5)nc5cccnc54)CC3)c(CN)o2)c2ccc(C(F)(F)F)nc12. The van der Waals surface area contributed by atoms with E-state index in [0.717, 1.165) is 22.9 Å². The summed E-state index contributed by atoms with van der Waals surface area (Å²) in [6, 6.07) is 14.7. The van der Waals surface area contributed by atoms with Gasteiger partial charge in [-0.05, 0) is 61.4 Å². The van der Waals surface area contributed by atoms with E-state index >= 15 is 0 Å². The van der Waals surface area contributed by atoms with Gasteiger partial charge in [0.2, 0.25) is 5.89 Å². The van der Waals surface area contributed by atoms with Crippen LogP contribution < -0.4 is 10.5 Å². The number of nitrogens with two attached hydrogens (primary N) is 1. The van der Waals surface area contributed by atoms with E-state index < -0.39 is 11.9 Å². The molecule has 234 valence electrons. The Morgan fingerprint density at radius 1 is 1.00 bits per heavy atom. The van der Waals surface area contributed by atoms with Crippen molar-refractivity contribution in [1.29, 1.82) is 0 Å². The molecule has 0 spiro atoms. The summed E-state index contributed by atoms with van der Waals surface area (Å²) in [5.41, 5.74) is 7.55. The number of alkyl halides is 3. The highest BCUT2D eigenvalue weighted by Crippen LogP contribution is 2.38. The predicted molar refractivity (Wildman–Crippen MR) is 162 cm³/mol. The van der Waals surface area contributed by atoms with Crippen molar-refractivity contribution in [1.82, 2.24) is 34.4 Å². The Morgan fingerprint density at radius 2 is 1.80 bits per heavy atom.